The Morgan fingerprint density at radius 3 is 2.56 bits per heavy atom. The third-order valence-corrected chi connectivity index (χ3v) is 2.99. The van der Waals surface area contributed by atoms with Gasteiger partial charge in [0.05, 0.1) is 0 Å². The first-order chi connectivity index (χ1) is 7.65. The molecule has 0 aromatic heterocycles. The lowest BCUT2D eigenvalue weighted by Gasteiger charge is -2.27. The highest BCUT2D eigenvalue weighted by Crippen LogP contribution is 2.16. The monoisotopic (exact) mass is 227 g/mol. The summed E-state index contributed by atoms with van der Waals surface area (Å²) >= 11 is 0. The number of carbonyl (C=O) groups excluding carboxylic acids is 2. The summed E-state index contributed by atoms with van der Waals surface area (Å²) in [6.07, 6.45) is 3.01. The van der Waals surface area contributed by atoms with Crippen LogP contribution in [-0.2, 0) is 4.79 Å². The minimum Gasteiger partial charge on any atom is -0.350 e. The zero-order chi connectivity index (χ0) is 11.5. The molecule has 0 aromatic rings. The summed E-state index contributed by atoms with van der Waals surface area (Å²) in [5.74, 6) is -0.209. The second-order valence-corrected chi connectivity index (χ2v) is 4.30. The molecular weight excluding hydrogens is 210 g/mol. The van der Waals surface area contributed by atoms with E-state index in [-0.39, 0.29) is 24.0 Å². The molecule has 3 amide bonds. The van der Waals surface area contributed by atoms with Crippen molar-refractivity contribution in [3.8, 4) is 0 Å². The largest absolute Gasteiger partial charge is 0.350 e. The van der Waals surface area contributed by atoms with Gasteiger partial charge in [0.1, 0.15) is 0 Å². The van der Waals surface area contributed by atoms with Crippen molar-refractivity contribution in [3.05, 3.63) is 0 Å². The second-order valence-electron chi connectivity index (χ2n) is 4.30. The minimum atomic E-state index is -0.678. The predicted octanol–water partition coefficient (Wildman–Crippen LogP) is -1.48. The molecule has 7 nitrogen and oxygen atoms in total. The molecule has 90 valence electrons. The number of hydrogen-bond acceptors (Lipinski definition) is 4. The van der Waals surface area contributed by atoms with Crippen LogP contribution in [0, 0.1) is 0 Å². The standard InChI is InChI=1S/C9H17N5O2/c10-5-1-3-6(4-2-5)11-8(15)7-12-9(16)14-13-7/h5-7,13H,1-4,10H2,(H,11,15)(H2,12,14,16). The van der Waals surface area contributed by atoms with Crippen LogP contribution in [0.25, 0.3) is 0 Å². The zero-order valence-electron chi connectivity index (χ0n) is 8.95. The summed E-state index contributed by atoms with van der Waals surface area (Å²) in [5, 5.41) is 5.34. The van der Waals surface area contributed by atoms with Crippen molar-refractivity contribution in [2.24, 2.45) is 5.73 Å². The third kappa shape index (κ3) is 2.61. The fourth-order valence-electron chi connectivity index (χ4n) is 2.02. The number of hydrazine groups is 1. The van der Waals surface area contributed by atoms with Crippen LogP contribution in [0.4, 0.5) is 4.79 Å². The maximum absolute atomic E-state index is 11.7. The summed E-state index contributed by atoms with van der Waals surface area (Å²) in [7, 11) is 0. The van der Waals surface area contributed by atoms with Crippen LogP contribution in [0.2, 0.25) is 0 Å². The van der Waals surface area contributed by atoms with Crippen molar-refractivity contribution in [2.45, 2.75) is 43.9 Å². The Balaban J connectivity index is 1.77. The molecule has 1 aliphatic carbocycles. The van der Waals surface area contributed by atoms with Crippen LogP contribution >= 0.6 is 0 Å². The molecule has 0 aromatic carbocycles. The van der Waals surface area contributed by atoms with E-state index in [1.807, 2.05) is 0 Å². The summed E-state index contributed by atoms with van der Waals surface area (Å²) in [5.41, 5.74) is 10.6. The van der Waals surface area contributed by atoms with Crippen LogP contribution in [0.3, 0.4) is 0 Å². The topological polar surface area (TPSA) is 108 Å². The van der Waals surface area contributed by atoms with E-state index in [1.54, 1.807) is 0 Å². The maximum Gasteiger partial charge on any atom is 0.330 e. The van der Waals surface area contributed by atoms with Crippen molar-refractivity contribution >= 4 is 11.9 Å². The van der Waals surface area contributed by atoms with E-state index >= 15 is 0 Å². The molecule has 16 heavy (non-hydrogen) atoms. The number of amides is 3. The van der Waals surface area contributed by atoms with Gasteiger partial charge in [-0.3, -0.25) is 10.2 Å². The Bertz CT molecular complexity index is 288. The van der Waals surface area contributed by atoms with Crippen molar-refractivity contribution in [1.29, 1.82) is 0 Å². The lowest BCUT2D eigenvalue weighted by molar-refractivity contribution is -0.124. The normalized spacial score (nSPS) is 34.1. The second kappa shape index (κ2) is 4.67. The fourth-order valence-corrected chi connectivity index (χ4v) is 2.02. The molecule has 0 spiro atoms. The Labute approximate surface area is 93.5 Å². The quantitative estimate of drug-likeness (QED) is 0.396. The number of nitrogens with two attached hydrogens (primary N) is 1. The first-order valence-electron chi connectivity index (χ1n) is 5.53. The van der Waals surface area contributed by atoms with Crippen LogP contribution in [-0.4, -0.2) is 30.2 Å². The van der Waals surface area contributed by atoms with Gasteiger partial charge in [-0.2, -0.15) is 0 Å². The average Bonchev–Trinajstić information content (AvgIpc) is 2.68. The Morgan fingerprint density at radius 1 is 1.31 bits per heavy atom. The highest BCUT2D eigenvalue weighted by atomic mass is 16.2. The summed E-state index contributed by atoms with van der Waals surface area (Å²) in [4.78, 5) is 22.5. The van der Waals surface area contributed by atoms with Gasteiger partial charge in [0.15, 0.2) is 6.17 Å². The molecule has 7 heteroatoms. The Morgan fingerprint density at radius 2 is 2.00 bits per heavy atom. The molecule has 1 aliphatic heterocycles. The molecule has 0 bridgehead atoms. The van der Waals surface area contributed by atoms with Crippen LogP contribution < -0.4 is 27.2 Å². The molecular formula is C9H17N5O2. The number of urea groups is 1. The van der Waals surface area contributed by atoms with Gasteiger partial charge in [0.25, 0.3) is 5.91 Å². The summed E-state index contributed by atoms with van der Waals surface area (Å²) < 4.78 is 0. The third-order valence-electron chi connectivity index (χ3n) is 2.99. The van der Waals surface area contributed by atoms with Gasteiger partial charge in [0, 0.05) is 12.1 Å². The predicted molar refractivity (Wildman–Crippen MR) is 57.0 cm³/mol. The summed E-state index contributed by atoms with van der Waals surface area (Å²) in [6.45, 7) is 0. The van der Waals surface area contributed by atoms with E-state index in [1.165, 1.54) is 0 Å². The lowest BCUT2D eigenvalue weighted by Crippen LogP contribution is -2.52. The van der Waals surface area contributed by atoms with E-state index in [9.17, 15) is 9.59 Å². The first kappa shape index (κ1) is 11.2. The van der Waals surface area contributed by atoms with E-state index in [4.69, 9.17) is 5.73 Å². The van der Waals surface area contributed by atoms with Gasteiger partial charge < -0.3 is 16.4 Å². The molecule has 1 saturated carbocycles. The van der Waals surface area contributed by atoms with Gasteiger partial charge in [-0.25, -0.2) is 10.2 Å². The molecule has 1 heterocycles. The smallest absolute Gasteiger partial charge is 0.330 e. The number of nitrogens with one attached hydrogen (secondary N) is 4. The molecule has 1 atom stereocenters. The SMILES string of the molecule is NC1CCC(NC(=O)C2NNC(=O)N2)CC1. The van der Waals surface area contributed by atoms with E-state index < -0.39 is 6.17 Å². The molecule has 6 N–H and O–H groups in total. The van der Waals surface area contributed by atoms with Gasteiger partial charge in [-0.05, 0) is 25.7 Å². The number of carbonyl (C=O) groups is 2. The van der Waals surface area contributed by atoms with Crippen LogP contribution in [0.15, 0.2) is 0 Å². The van der Waals surface area contributed by atoms with Crippen LogP contribution in [0.5, 0.6) is 0 Å². The van der Waals surface area contributed by atoms with E-state index in [0.717, 1.165) is 25.7 Å². The van der Waals surface area contributed by atoms with Gasteiger partial charge in [0.2, 0.25) is 0 Å². The van der Waals surface area contributed by atoms with Gasteiger partial charge >= 0.3 is 6.03 Å². The molecule has 2 fully saturated rings. The number of rotatable bonds is 2. The minimum absolute atomic E-state index is 0.173. The Hall–Kier alpha value is -1.34. The van der Waals surface area contributed by atoms with Crippen LogP contribution in [0.1, 0.15) is 25.7 Å². The molecule has 2 rings (SSSR count). The number of hydrogen-bond donors (Lipinski definition) is 5. The van der Waals surface area contributed by atoms with E-state index in [0.29, 0.717) is 0 Å². The van der Waals surface area contributed by atoms with Crippen molar-refractivity contribution < 1.29 is 9.59 Å². The average molecular weight is 227 g/mol. The molecule has 1 unspecified atom stereocenters. The van der Waals surface area contributed by atoms with Crippen molar-refractivity contribution in [3.63, 3.8) is 0 Å². The highest BCUT2D eigenvalue weighted by Gasteiger charge is 2.28. The highest BCUT2D eigenvalue weighted by molar-refractivity contribution is 5.89. The zero-order valence-corrected chi connectivity index (χ0v) is 8.95. The Kier molecular flexibility index (Phi) is 3.25. The first-order valence-corrected chi connectivity index (χ1v) is 5.53. The fraction of sp³-hybridized carbons (Fsp3) is 0.778. The van der Waals surface area contributed by atoms with Gasteiger partial charge in [-0.1, -0.05) is 0 Å². The van der Waals surface area contributed by atoms with E-state index in [2.05, 4.69) is 21.5 Å². The molecule has 2 aliphatic rings. The lowest BCUT2D eigenvalue weighted by atomic mass is 9.92. The van der Waals surface area contributed by atoms with Crippen molar-refractivity contribution in [1.82, 2.24) is 21.5 Å². The summed E-state index contributed by atoms with van der Waals surface area (Å²) in [6, 6.07) is 0.0524. The van der Waals surface area contributed by atoms with Crippen molar-refractivity contribution in [2.75, 3.05) is 0 Å². The van der Waals surface area contributed by atoms with Gasteiger partial charge in [-0.15, -0.1) is 0 Å². The maximum atomic E-state index is 11.7. The molecule has 0 radical (unpaired) electrons. The molecule has 1 saturated heterocycles.